The number of sulfone groups is 1. The molecule has 0 aromatic carbocycles. The Morgan fingerprint density at radius 3 is 2.74 bits per heavy atom. The molecule has 1 aliphatic carbocycles. The molecule has 2 aromatic rings. The highest BCUT2D eigenvalue weighted by molar-refractivity contribution is 7.91. The fourth-order valence-electron chi connectivity index (χ4n) is 4.06. The second-order valence-corrected chi connectivity index (χ2v) is 10.8. The number of fused-ring (bicyclic) bond motifs is 1. The lowest BCUT2D eigenvalue weighted by Gasteiger charge is -2.11. The zero-order chi connectivity index (χ0) is 19.2. The van der Waals surface area contributed by atoms with E-state index in [9.17, 15) is 13.2 Å². The first-order chi connectivity index (χ1) is 12.8. The second-order valence-electron chi connectivity index (χ2n) is 7.45. The predicted octanol–water partition coefficient (Wildman–Crippen LogP) is 2.84. The van der Waals surface area contributed by atoms with Crippen molar-refractivity contribution in [2.45, 2.75) is 58.4 Å². The molecule has 0 saturated carbocycles. The SMILES string of the molecule is Cc1nn(C2CCS(=O)(=O)C2)c(C)c1C(=O)Nc1nc2c(s1)CCCCC2. The Bertz CT molecular complexity index is 967. The van der Waals surface area contributed by atoms with Crippen LogP contribution in [0.2, 0.25) is 0 Å². The highest BCUT2D eigenvalue weighted by Crippen LogP contribution is 2.30. The number of hydrogen-bond acceptors (Lipinski definition) is 6. The molecule has 1 unspecified atom stereocenters. The average Bonchev–Trinajstić information content (AvgIpc) is 3.18. The van der Waals surface area contributed by atoms with E-state index in [0.717, 1.165) is 25.0 Å². The van der Waals surface area contributed by atoms with Crippen molar-refractivity contribution in [3.63, 3.8) is 0 Å². The van der Waals surface area contributed by atoms with E-state index in [4.69, 9.17) is 0 Å². The number of rotatable bonds is 3. The van der Waals surface area contributed by atoms with Crippen LogP contribution >= 0.6 is 11.3 Å². The Hall–Kier alpha value is -1.74. The molecule has 7 nitrogen and oxygen atoms in total. The summed E-state index contributed by atoms with van der Waals surface area (Å²) in [5.74, 6) is 0.0539. The smallest absolute Gasteiger partial charge is 0.261 e. The summed E-state index contributed by atoms with van der Waals surface area (Å²) in [6.07, 6.45) is 6.13. The predicted molar refractivity (Wildman–Crippen MR) is 105 cm³/mol. The van der Waals surface area contributed by atoms with Crippen LogP contribution in [0.1, 0.15) is 64.0 Å². The summed E-state index contributed by atoms with van der Waals surface area (Å²) in [5, 5.41) is 8.05. The third kappa shape index (κ3) is 3.67. The highest BCUT2D eigenvalue weighted by atomic mass is 32.2. The molecule has 1 fully saturated rings. The highest BCUT2D eigenvalue weighted by Gasteiger charge is 2.32. The van der Waals surface area contributed by atoms with Crippen LogP contribution in [-0.2, 0) is 22.7 Å². The van der Waals surface area contributed by atoms with Crippen molar-refractivity contribution in [3.05, 3.63) is 27.5 Å². The first-order valence-electron chi connectivity index (χ1n) is 9.40. The first-order valence-corrected chi connectivity index (χ1v) is 12.0. The summed E-state index contributed by atoms with van der Waals surface area (Å²) >= 11 is 1.57. The molecule has 0 bridgehead atoms. The van der Waals surface area contributed by atoms with E-state index < -0.39 is 9.84 Å². The largest absolute Gasteiger partial charge is 0.298 e. The molecule has 9 heteroatoms. The molecule has 3 heterocycles. The van der Waals surface area contributed by atoms with Crippen LogP contribution in [0.5, 0.6) is 0 Å². The summed E-state index contributed by atoms with van der Waals surface area (Å²) < 4.78 is 25.3. The van der Waals surface area contributed by atoms with Gasteiger partial charge in [0.2, 0.25) is 0 Å². The number of amides is 1. The van der Waals surface area contributed by atoms with E-state index in [-0.39, 0.29) is 23.5 Å². The van der Waals surface area contributed by atoms with Crippen LogP contribution in [0.3, 0.4) is 0 Å². The Morgan fingerprint density at radius 2 is 2.00 bits per heavy atom. The van der Waals surface area contributed by atoms with Crippen molar-refractivity contribution >= 4 is 32.2 Å². The van der Waals surface area contributed by atoms with E-state index >= 15 is 0 Å². The van der Waals surface area contributed by atoms with Gasteiger partial charge < -0.3 is 0 Å². The molecule has 1 aliphatic heterocycles. The normalized spacial score (nSPS) is 21.6. The fraction of sp³-hybridized carbons (Fsp3) is 0.611. The number of thiazole rings is 1. The quantitative estimate of drug-likeness (QED) is 0.788. The Balaban J connectivity index is 1.56. The summed E-state index contributed by atoms with van der Waals surface area (Å²) in [7, 11) is -3.01. The molecule has 1 atom stereocenters. The van der Waals surface area contributed by atoms with Crippen molar-refractivity contribution in [2.75, 3.05) is 16.8 Å². The van der Waals surface area contributed by atoms with Gasteiger partial charge in [0.25, 0.3) is 5.91 Å². The lowest BCUT2D eigenvalue weighted by molar-refractivity contribution is 0.102. The van der Waals surface area contributed by atoms with Gasteiger partial charge >= 0.3 is 0 Å². The van der Waals surface area contributed by atoms with Crippen molar-refractivity contribution in [1.82, 2.24) is 14.8 Å². The van der Waals surface area contributed by atoms with E-state index in [1.165, 1.54) is 17.7 Å². The Kier molecular flexibility index (Phi) is 4.84. The van der Waals surface area contributed by atoms with Crippen molar-refractivity contribution in [3.8, 4) is 0 Å². The van der Waals surface area contributed by atoms with E-state index in [1.807, 2.05) is 6.92 Å². The summed E-state index contributed by atoms with van der Waals surface area (Å²) in [4.78, 5) is 18.8. The molecular formula is C18H24N4O3S2. The molecule has 4 rings (SSSR count). The van der Waals surface area contributed by atoms with Gasteiger partial charge in [-0.3, -0.25) is 14.8 Å². The fourth-order valence-corrected chi connectivity index (χ4v) is 6.79. The van der Waals surface area contributed by atoms with Gasteiger partial charge in [0.15, 0.2) is 15.0 Å². The zero-order valence-electron chi connectivity index (χ0n) is 15.6. The maximum absolute atomic E-state index is 12.9. The molecule has 1 saturated heterocycles. The molecule has 146 valence electrons. The maximum Gasteiger partial charge on any atom is 0.261 e. The number of aromatic nitrogens is 3. The van der Waals surface area contributed by atoms with E-state index in [1.54, 1.807) is 22.9 Å². The summed E-state index contributed by atoms with van der Waals surface area (Å²) in [6.45, 7) is 3.62. The number of anilines is 1. The second kappa shape index (κ2) is 7.01. The van der Waals surface area contributed by atoms with Crippen molar-refractivity contribution < 1.29 is 13.2 Å². The summed E-state index contributed by atoms with van der Waals surface area (Å²) in [6, 6.07) is -0.189. The minimum atomic E-state index is -3.01. The minimum absolute atomic E-state index is 0.0925. The number of carbonyl (C=O) groups excluding carboxylic acids is 1. The van der Waals surface area contributed by atoms with Gasteiger partial charge in [0.1, 0.15) is 0 Å². The molecule has 27 heavy (non-hydrogen) atoms. The van der Waals surface area contributed by atoms with Gasteiger partial charge in [-0.15, -0.1) is 11.3 Å². The number of nitrogens with zero attached hydrogens (tertiary/aromatic N) is 3. The minimum Gasteiger partial charge on any atom is -0.298 e. The van der Waals surface area contributed by atoms with Crippen molar-refractivity contribution in [2.24, 2.45) is 0 Å². The molecule has 2 aliphatic rings. The Morgan fingerprint density at radius 1 is 1.22 bits per heavy atom. The molecule has 2 aromatic heterocycles. The molecular weight excluding hydrogens is 384 g/mol. The van der Waals surface area contributed by atoms with Gasteiger partial charge in [-0.25, -0.2) is 13.4 Å². The standard InChI is InChI=1S/C18H24N4O3S2/c1-11-16(12(2)22(21-11)13-8-9-27(24,25)10-13)17(23)20-18-19-14-6-4-3-5-7-15(14)26-18/h13H,3-10H2,1-2H3,(H,19,20,23). The number of carbonyl (C=O) groups is 1. The van der Waals surface area contributed by atoms with Gasteiger partial charge in [0.05, 0.1) is 34.5 Å². The zero-order valence-corrected chi connectivity index (χ0v) is 17.3. The summed E-state index contributed by atoms with van der Waals surface area (Å²) in [5.41, 5.74) is 2.97. The average molecular weight is 409 g/mol. The molecule has 0 spiro atoms. The van der Waals surface area contributed by atoms with Crippen LogP contribution in [0.15, 0.2) is 0 Å². The number of hydrogen-bond donors (Lipinski definition) is 1. The van der Waals surface area contributed by atoms with Gasteiger partial charge in [-0.1, -0.05) is 6.42 Å². The van der Waals surface area contributed by atoms with Gasteiger partial charge in [-0.05, 0) is 46.0 Å². The molecule has 1 N–H and O–H groups in total. The van der Waals surface area contributed by atoms with Crippen LogP contribution in [-0.4, -0.2) is 40.6 Å². The number of nitrogens with one attached hydrogen (secondary N) is 1. The van der Waals surface area contributed by atoms with Crippen LogP contribution in [0, 0.1) is 13.8 Å². The first kappa shape index (κ1) is 18.6. The lowest BCUT2D eigenvalue weighted by Crippen LogP contribution is -2.16. The molecule has 1 amide bonds. The van der Waals surface area contributed by atoms with E-state index in [2.05, 4.69) is 15.4 Å². The Labute approximate surface area is 163 Å². The van der Waals surface area contributed by atoms with Crippen LogP contribution in [0.4, 0.5) is 5.13 Å². The van der Waals surface area contributed by atoms with E-state index in [0.29, 0.717) is 28.5 Å². The van der Waals surface area contributed by atoms with Crippen LogP contribution in [0.25, 0.3) is 0 Å². The molecule has 0 radical (unpaired) electrons. The van der Waals surface area contributed by atoms with Crippen LogP contribution < -0.4 is 5.32 Å². The van der Waals surface area contributed by atoms with Gasteiger partial charge in [0, 0.05) is 10.6 Å². The monoisotopic (exact) mass is 408 g/mol. The number of aryl methyl sites for hydroxylation is 3. The third-order valence-electron chi connectivity index (χ3n) is 5.42. The van der Waals surface area contributed by atoms with Gasteiger partial charge in [-0.2, -0.15) is 5.10 Å². The maximum atomic E-state index is 12.9. The lowest BCUT2D eigenvalue weighted by atomic mass is 10.1. The van der Waals surface area contributed by atoms with Crippen molar-refractivity contribution in [1.29, 1.82) is 0 Å². The third-order valence-corrected chi connectivity index (χ3v) is 8.25. The topological polar surface area (TPSA) is 94.0 Å².